The topological polar surface area (TPSA) is 84.9 Å². The molecule has 2 amide bonds. The minimum atomic E-state index is -0.342. The summed E-state index contributed by atoms with van der Waals surface area (Å²) in [4.78, 5) is 39.3. The molecule has 2 aliphatic rings. The molecule has 1 fully saturated rings. The monoisotopic (exact) mass is 512 g/mol. The molecule has 0 unspecified atom stereocenters. The SMILES string of the molecule is CNc1c(C(=O)OCc2ccccc2)cccc1C1CCC(OCCN2C(=O)c3ccccc3C2=O)CC1. The van der Waals surface area contributed by atoms with Crippen LogP contribution in [0.2, 0.25) is 0 Å². The first kappa shape index (κ1) is 25.7. The van der Waals surface area contributed by atoms with Crippen molar-refractivity contribution in [3.63, 3.8) is 0 Å². The Morgan fingerprint density at radius 1 is 0.868 bits per heavy atom. The van der Waals surface area contributed by atoms with E-state index in [9.17, 15) is 14.4 Å². The van der Waals surface area contributed by atoms with Crippen molar-refractivity contribution in [1.82, 2.24) is 4.90 Å². The van der Waals surface area contributed by atoms with Crippen molar-refractivity contribution in [3.8, 4) is 0 Å². The summed E-state index contributed by atoms with van der Waals surface area (Å²) in [7, 11) is 1.83. The van der Waals surface area contributed by atoms with Crippen LogP contribution in [0.5, 0.6) is 0 Å². The summed E-state index contributed by atoms with van der Waals surface area (Å²) in [5.41, 5.74) is 4.35. The molecule has 0 atom stereocenters. The number of carbonyl (C=O) groups is 3. The van der Waals surface area contributed by atoms with Gasteiger partial charge in [-0.3, -0.25) is 14.5 Å². The van der Waals surface area contributed by atoms with E-state index in [2.05, 4.69) is 11.4 Å². The molecule has 1 aliphatic carbocycles. The Labute approximate surface area is 222 Å². The van der Waals surface area contributed by atoms with Crippen LogP contribution < -0.4 is 5.32 Å². The van der Waals surface area contributed by atoms with E-state index in [4.69, 9.17) is 9.47 Å². The lowest BCUT2D eigenvalue weighted by molar-refractivity contribution is 0.0140. The fourth-order valence-corrected chi connectivity index (χ4v) is 5.45. The van der Waals surface area contributed by atoms with Gasteiger partial charge in [-0.25, -0.2) is 4.79 Å². The summed E-state index contributed by atoms with van der Waals surface area (Å²) in [6.45, 7) is 0.810. The molecule has 0 saturated heterocycles. The molecule has 0 radical (unpaired) electrons. The van der Waals surface area contributed by atoms with E-state index in [0.29, 0.717) is 29.2 Å². The maximum Gasteiger partial charge on any atom is 0.340 e. The van der Waals surface area contributed by atoms with E-state index in [0.717, 1.165) is 42.5 Å². The van der Waals surface area contributed by atoms with E-state index in [1.54, 1.807) is 30.3 Å². The van der Waals surface area contributed by atoms with Crippen molar-refractivity contribution in [2.45, 2.75) is 44.3 Å². The van der Waals surface area contributed by atoms with Gasteiger partial charge in [0.2, 0.25) is 0 Å². The standard InChI is InChI=1S/C31H32N2O5/c1-32-28-24(12-7-13-27(28)31(36)38-20-21-8-3-2-4-9-21)22-14-16-23(17-15-22)37-19-18-33-29(34)25-10-5-6-11-26(25)30(33)35/h2-13,22-23,32H,14-20H2,1H3. The number of hydrogen-bond acceptors (Lipinski definition) is 6. The van der Waals surface area contributed by atoms with Gasteiger partial charge in [0.15, 0.2) is 0 Å². The van der Waals surface area contributed by atoms with Crippen LogP contribution in [-0.4, -0.2) is 49.0 Å². The van der Waals surface area contributed by atoms with Crippen LogP contribution in [0.1, 0.15) is 73.8 Å². The zero-order chi connectivity index (χ0) is 26.5. The first-order valence-electron chi connectivity index (χ1n) is 13.2. The summed E-state index contributed by atoms with van der Waals surface area (Å²) in [6, 6.07) is 22.4. The van der Waals surface area contributed by atoms with Crippen LogP contribution in [0.25, 0.3) is 0 Å². The molecule has 1 heterocycles. The summed E-state index contributed by atoms with van der Waals surface area (Å²) in [6.07, 6.45) is 3.68. The predicted molar refractivity (Wildman–Crippen MR) is 144 cm³/mol. The molecule has 5 rings (SSSR count). The number of imide groups is 1. The average molecular weight is 513 g/mol. The molecule has 7 heteroatoms. The third-order valence-electron chi connectivity index (χ3n) is 7.44. The van der Waals surface area contributed by atoms with Gasteiger partial charge in [0.25, 0.3) is 11.8 Å². The van der Waals surface area contributed by atoms with Crippen LogP contribution in [-0.2, 0) is 16.1 Å². The van der Waals surface area contributed by atoms with Crippen molar-refractivity contribution in [3.05, 3.63) is 101 Å². The van der Waals surface area contributed by atoms with Gasteiger partial charge in [-0.05, 0) is 60.9 Å². The van der Waals surface area contributed by atoms with Gasteiger partial charge >= 0.3 is 5.97 Å². The highest BCUT2D eigenvalue weighted by atomic mass is 16.5. The number of anilines is 1. The van der Waals surface area contributed by atoms with Crippen molar-refractivity contribution in [2.24, 2.45) is 0 Å². The van der Waals surface area contributed by atoms with Gasteiger partial charge in [0.05, 0.1) is 41.6 Å². The van der Waals surface area contributed by atoms with Gasteiger partial charge < -0.3 is 14.8 Å². The van der Waals surface area contributed by atoms with E-state index >= 15 is 0 Å². The van der Waals surface area contributed by atoms with Crippen molar-refractivity contribution in [1.29, 1.82) is 0 Å². The fraction of sp³-hybridized carbons (Fsp3) is 0.323. The predicted octanol–water partition coefficient (Wildman–Crippen LogP) is 5.42. The van der Waals surface area contributed by atoms with E-state index < -0.39 is 0 Å². The zero-order valence-electron chi connectivity index (χ0n) is 21.5. The Hall–Kier alpha value is -3.97. The summed E-state index contributed by atoms with van der Waals surface area (Å²) < 4.78 is 11.7. The second-order valence-electron chi connectivity index (χ2n) is 9.73. The summed E-state index contributed by atoms with van der Waals surface area (Å²) in [5, 5.41) is 3.23. The molecule has 1 aliphatic heterocycles. The Balaban J connectivity index is 1.14. The number of esters is 1. The second kappa shape index (κ2) is 11.6. The first-order chi connectivity index (χ1) is 18.6. The highest BCUT2D eigenvalue weighted by Crippen LogP contribution is 2.39. The number of fused-ring (bicyclic) bond motifs is 1. The lowest BCUT2D eigenvalue weighted by Gasteiger charge is -2.30. The normalized spacial score (nSPS) is 18.8. The lowest BCUT2D eigenvalue weighted by atomic mass is 9.81. The minimum Gasteiger partial charge on any atom is -0.457 e. The van der Waals surface area contributed by atoms with E-state index in [1.165, 1.54) is 4.90 Å². The molecule has 3 aromatic rings. The number of ether oxygens (including phenoxy) is 2. The summed E-state index contributed by atoms with van der Waals surface area (Å²) >= 11 is 0. The maximum absolute atomic E-state index is 12.9. The number of nitrogens with one attached hydrogen (secondary N) is 1. The number of carbonyl (C=O) groups excluding carboxylic acids is 3. The number of benzene rings is 3. The van der Waals surface area contributed by atoms with Gasteiger partial charge in [0.1, 0.15) is 6.61 Å². The number of rotatable bonds is 9. The quantitative estimate of drug-likeness (QED) is 0.304. The first-order valence-corrected chi connectivity index (χ1v) is 13.2. The third-order valence-corrected chi connectivity index (χ3v) is 7.44. The van der Waals surface area contributed by atoms with Gasteiger partial charge in [0, 0.05) is 7.05 Å². The summed E-state index contributed by atoms with van der Waals surface area (Å²) in [5.74, 6) is -0.542. The molecule has 0 spiro atoms. The molecule has 196 valence electrons. The van der Waals surface area contributed by atoms with Crippen LogP contribution in [0.4, 0.5) is 5.69 Å². The maximum atomic E-state index is 12.9. The number of hydrogen-bond donors (Lipinski definition) is 1. The lowest BCUT2D eigenvalue weighted by Crippen LogP contribution is -2.34. The average Bonchev–Trinajstić information content (AvgIpc) is 3.21. The van der Waals surface area contributed by atoms with Crippen molar-refractivity contribution < 1.29 is 23.9 Å². The Bertz CT molecular complexity index is 1280. The molecule has 1 saturated carbocycles. The Morgan fingerprint density at radius 2 is 1.53 bits per heavy atom. The number of nitrogens with zero attached hydrogens (tertiary/aromatic N) is 1. The van der Waals surface area contributed by atoms with Gasteiger partial charge in [-0.2, -0.15) is 0 Å². The van der Waals surface area contributed by atoms with Gasteiger partial charge in [-0.15, -0.1) is 0 Å². The highest BCUT2D eigenvalue weighted by Gasteiger charge is 2.35. The van der Waals surface area contributed by atoms with E-state index in [1.807, 2.05) is 43.4 Å². The van der Waals surface area contributed by atoms with E-state index in [-0.39, 0.29) is 37.0 Å². The fourth-order valence-electron chi connectivity index (χ4n) is 5.45. The number of para-hydroxylation sites is 1. The highest BCUT2D eigenvalue weighted by molar-refractivity contribution is 6.21. The smallest absolute Gasteiger partial charge is 0.340 e. The largest absolute Gasteiger partial charge is 0.457 e. The minimum absolute atomic E-state index is 0.0819. The molecule has 3 aromatic carbocycles. The molecule has 0 aromatic heterocycles. The van der Waals surface area contributed by atoms with Gasteiger partial charge in [-0.1, -0.05) is 54.6 Å². The molecule has 38 heavy (non-hydrogen) atoms. The van der Waals surface area contributed by atoms with Crippen LogP contribution >= 0.6 is 0 Å². The zero-order valence-corrected chi connectivity index (χ0v) is 21.5. The van der Waals surface area contributed by atoms with Crippen molar-refractivity contribution >= 4 is 23.5 Å². The molecular weight excluding hydrogens is 480 g/mol. The third kappa shape index (κ3) is 5.34. The van der Waals surface area contributed by atoms with Crippen molar-refractivity contribution in [2.75, 3.05) is 25.5 Å². The molecule has 0 bridgehead atoms. The molecule has 7 nitrogen and oxygen atoms in total. The Kier molecular flexibility index (Phi) is 7.84. The molecular formula is C31H32N2O5. The van der Waals surface area contributed by atoms with Crippen LogP contribution in [0, 0.1) is 0 Å². The Morgan fingerprint density at radius 3 is 2.18 bits per heavy atom. The van der Waals surface area contributed by atoms with Crippen LogP contribution in [0.15, 0.2) is 72.8 Å². The number of amides is 2. The second-order valence-corrected chi connectivity index (χ2v) is 9.73. The molecule has 1 N–H and O–H groups in total. The van der Waals surface area contributed by atoms with Crippen LogP contribution in [0.3, 0.4) is 0 Å².